The molecule has 0 aromatic carbocycles. The number of piperazine rings is 1. The van der Waals surface area contributed by atoms with Gasteiger partial charge in [0.1, 0.15) is 6.54 Å². The summed E-state index contributed by atoms with van der Waals surface area (Å²) in [6, 6.07) is 0. The van der Waals surface area contributed by atoms with Gasteiger partial charge in [-0.15, -0.1) is 0 Å². The van der Waals surface area contributed by atoms with Gasteiger partial charge in [-0.1, -0.05) is 0 Å². The molecule has 13 heavy (non-hydrogen) atoms. The third-order valence-corrected chi connectivity index (χ3v) is 1.53. The zero-order valence-electron chi connectivity index (χ0n) is 7.20. The summed E-state index contributed by atoms with van der Waals surface area (Å²) in [7, 11) is 0. The Morgan fingerprint density at radius 3 is 2.92 bits per heavy atom. The molecule has 6 nitrogen and oxygen atoms in total. The van der Waals surface area contributed by atoms with E-state index in [2.05, 4.69) is 10.1 Å². The molecule has 0 bridgehead atoms. The SMILES string of the molecule is CCOC(=O)N1CC(=O)NCC1=O. The van der Waals surface area contributed by atoms with E-state index in [0.717, 1.165) is 4.90 Å². The Bertz CT molecular complexity index is 251. The van der Waals surface area contributed by atoms with Gasteiger partial charge in [0.25, 0.3) is 5.91 Å². The Morgan fingerprint density at radius 2 is 2.31 bits per heavy atom. The normalized spacial score (nSPS) is 16.8. The molecule has 1 rings (SSSR count). The van der Waals surface area contributed by atoms with Gasteiger partial charge in [0.15, 0.2) is 0 Å². The molecule has 0 unspecified atom stereocenters. The van der Waals surface area contributed by atoms with Crippen molar-refractivity contribution in [1.82, 2.24) is 10.2 Å². The molecule has 0 aromatic rings. The number of hydrogen-bond acceptors (Lipinski definition) is 4. The fourth-order valence-electron chi connectivity index (χ4n) is 0.925. The van der Waals surface area contributed by atoms with Crippen molar-refractivity contribution in [2.24, 2.45) is 0 Å². The Morgan fingerprint density at radius 1 is 1.62 bits per heavy atom. The van der Waals surface area contributed by atoms with E-state index in [1.165, 1.54) is 0 Å². The number of carbonyl (C=O) groups is 3. The number of imide groups is 1. The van der Waals surface area contributed by atoms with Crippen LogP contribution in [0.2, 0.25) is 0 Å². The Hall–Kier alpha value is -1.59. The van der Waals surface area contributed by atoms with Crippen molar-refractivity contribution in [2.45, 2.75) is 6.92 Å². The topological polar surface area (TPSA) is 75.7 Å². The quantitative estimate of drug-likeness (QED) is 0.576. The molecule has 1 heterocycles. The van der Waals surface area contributed by atoms with Crippen LogP contribution in [-0.2, 0) is 14.3 Å². The summed E-state index contributed by atoms with van der Waals surface area (Å²) >= 11 is 0. The smallest absolute Gasteiger partial charge is 0.417 e. The first-order chi connectivity index (χ1) is 6.15. The van der Waals surface area contributed by atoms with Gasteiger partial charge in [-0.05, 0) is 6.92 Å². The minimum Gasteiger partial charge on any atom is -0.449 e. The summed E-state index contributed by atoms with van der Waals surface area (Å²) in [5.74, 6) is -0.800. The lowest BCUT2D eigenvalue weighted by molar-refractivity contribution is -0.138. The monoisotopic (exact) mass is 186 g/mol. The van der Waals surface area contributed by atoms with Crippen LogP contribution in [0.4, 0.5) is 4.79 Å². The fraction of sp³-hybridized carbons (Fsp3) is 0.571. The van der Waals surface area contributed by atoms with Crippen molar-refractivity contribution in [2.75, 3.05) is 19.7 Å². The first-order valence-electron chi connectivity index (χ1n) is 3.89. The van der Waals surface area contributed by atoms with E-state index < -0.39 is 12.0 Å². The maximum atomic E-state index is 11.1. The number of nitrogens with one attached hydrogen (secondary N) is 1. The summed E-state index contributed by atoms with van der Waals surface area (Å²) in [5.41, 5.74) is 0. The van der Waals surface area contributed by atoms with Gasteiger partial charge >= 0.3 is 6.09 Å². The minimum atomic E-state index is -0.762. The molecule has 1 aliphatic rings. The molecule has 0 spiro atoms. The van der Waals surface area contributed by atoms with Gasteiger partial charge in [-0.3, -0.25) is 9.59 Å². The largest absolute Gasteiger partial charge is 0.449 e. The number of carbonyl (C=O) groups excluding carboxylic acids is 3. The van der Waals surface area contributed by atoms with Gasteiger partial charge in [0.05, 0.1) is 13.2 Å². The van der Waals surface area contributed by atoms with Crippen LogP contribution in [0.3, 0.4) is 0 Å². The van der Waals surface area contributed by atoms with E-state index in [1.807, 2.05) is 0 Å². The molecule has 0 aliphatic carbocycles. The lowest BCUT2D eigenvalue weighted by atomic mass is 10.3. The van der Waals surface area contributed by atoms with Crippen molar-refractivity contribution >= 4 is 17.9 Å². The number of nitrogens with zero attached hydrogens (tertiary/aromatic N) is 1. The Balaban J connectivity index is 2.60. The highest BCUT2D eigenvalue weighted by atomic mass is 16.6. The molecule has 0 radical (unpaired) electrons. The van der Waals surface area contributed by atoms with Crippen molar-refractivity contribution < 1.29 is 19.1 Å². The van der Waals surface area contributed by atoms with Crippen LogP contribution < -0.4 is 5.32 Å². The average molecular weight is 186 g/mol. The number of ether oxygens (including phenoxy) is 1. The molecule has 1 aliphatic heterocycles. The minimum absolute atomic E-state index is 0.141. The highest BCUT2D eigenvalue weighted by Crippen LogP contribution is 1.98. The second-order valence-electron chi connectivity index (χ2n) is 2.46. The Labute approximate surface area is 74.8 Å². The lowest BCUT2D eigenvalue weighted by Gasteiger charge is -2.23. The van der Waals surface area contributed by atoms with Gasteiger partial charge < -0.3 is 10.1 Å². The highest BCUT2D eigenvalue weighted by Gasteiger charge is 2.29. The summed E-state index contributed by atoms with van der Waals surface area (Å²) in [5, 5.41) is 2.32. The summed E-state index contributed by atoms with van der Waals surface area (Å²) < 4.78 is 4.59. The van der Waals surface area contributed by atoms with E-state index >= 15 is 0 Å². The highest BCUT2D eigenvalue weighted by molar-refractivity contribution is 6.01. The molecule has 1 fully saturated rings. The molecule has 3 amide bonds. The molecule has 0 aromatic heterocycles. The van der Waals surface area contributed by atoms with Crippen LogP contribution in [0.5, 0.6) is 0 Å². The first kappa shape index (κ1) is 9.50. The third-order valence-electron chi connectivity index (χ3n) is 1.53. The number of amides is 3. The number of rotatable bonds is 1. The fourth-order valence-corrected chi connectivity index (χ4v) is 0.925. The van der Waals surface area contributed by atoms with Crippen LogP contribution in [0, 0.1) is 0 Å². The van der Waals surface area contributed by atoms with Crippen molar-refractivity contribution in [3.8, 4) is 0 Å². The molecule has 6 heteroatoms. The second-order valence-corrected chi connectivity index (χ2v) is 2.46. The van der Waals surface area contributed by atoms with Crippen LogP contribution in [0.25, 0.3) is 0 Å². The van der Waals surface area contributed by atoms with E-state index in [9.17, 15) is 14.4 Å². The van der Waals surface area contributed by atoms with Gasteiger partial charge in [-0.25, -0.2) is 9.69 Å². The Kier molecular flexibility index (Phi) is 2.84. The molecular formula is C7H10N2O4. The van der Waals surface area contributed by atoms with Gasteiger partial charge in [-0.2, -0.15) is 0 Å². The molecule has 0 atom stereocenters. The molecule has 1 N–H and O–H groups in total. The van der Waals surface area contributed by atoms with Gasteiger partial charge in [0.2, 0.25) is 5.91 Å². The summed E-state index contributed by atoms with van der Waals surface area (Å²) in [6.07, 6.45) is -0.762. The zero-order chi connectivity index (χ0) is 9.84. The molecule has 1 saturated heterocycles. The molecule has 72 valence electrons. The maximum absolute atomic E-state index is 11.1. The lowest BCUT2D eigenvalue weighted by Crippen LogP contribution is -2.53. The molecule has 0 saturated carbocycles. The average Bonchev–Trinajstić information content (AvgIpc) is 2.09. The number of hydrogen-bond donors (Lipinski definition) is 1. The first-order valence-corrected chi connectivity index (χ1v) is 3.89. The zero-order valence-corrected chi connectivity index (χ0v) is 7.20. The van der Waals surface area contributed by atoms with Crippen molar-refractivity contribution in [3.63, 3.8) is 0 Å². The standard InChI is InChI=1S/C7H10N2O4/c1-2-13-7(12)9-4-5(10)8-3-6(9)11/h2-4H2,1H3,(H,8,10). The van der Waals surface area contributed by atoms with Gasteiger partial charge in [0, 0.05) is 0 Å². The van der Waals surface area contributed by atoms with Crippen LogP contribution in [0.1, 0.15) is 6.92 Å². The maximum Gasteiger partial charge on any atom is 0.417 e. The van der Waals surface area contributed by atoms with Crippen LogP contribution >= 0.6 is 0 Å². The van der Waals surface area contributed by atoms with E-state index in [-0.39, 0.29) is 25.6 Å². The van der Waals surface area contributed by atoms with Crippen LogP contribution in [-0.4, -0.2) is 42.5 Å². The van der Waals surface area contributed by atoms with E-state index in [4.69, 9.17) is 0 Å². The predicted molar refractivity (Wildman–Crippen MR) is 41.7 cm³/mol. The predicted octanol–water partition coefficient (Wildman–Crippen LogP) is -0.899. The van der Waals surface area contributed by atoms with Crippen molar-refractivity contribution in [3.05, 3.63) is 0 Å². The van der Waals surface area contributed by atoms with Crippen LogP contribution in [0.15, 0.2) is 0 Å². The van der Waals surface area contributed by atoms with E-state index in [1.54, 1.807) is 6.92 Å². The van der Waals surface area contributed by atoms with E-state index in [0.29, 0.717) is 0 Å². The second kappa shape index (κ2) is 3.88. The molecular weight excluding hydrogens is 176 g/mol. The summed E-state index contributed by atoms with van der Waals surface area (Å²) in [6.45, 7) is 1.42. The van der Waals surface area contributed by atoms with Crippen molar-refractivity contribution in [1.29, 1.82) is 0 Å². The summed E-state index contributed by atoms with van der Waals surface area (Å²) in [4.78, 5) is 33.7. The third kappa shape index (κ3) is 2.17.